The molecule has 1 aliphatic rings. The quantitative estimate of drug-likeness (QED) is 0.597. The van der Waals surface area contributed by atoms with Gasteiger partial charge in [-0.2, -0.15) is 0 Å². The molecule has 0 atom stereocenters. The Balaban J connectivity index is 2.18. The Bertz CT molecular complexity index is 528. The Morgan fingerprint density at radius 2 is 2.10 bits per heavy atom. The number of hydrazine groups is 1. The second-order valence-corrected chi connectivity index (χ2v) is 4.55. The van der Waals surface area contributed by atoms with Crippen molar-refractivity contribution in [2.24, 2.45) is 0 Å². The van der Waals surface area contributed by atoms with Crippen LogP contribution in [0.5, 0.6) is 0 Å². The number of nitro groups is 1. The first-order valence-corrected chi connectivity index (χ1v) is 6.05. The first kappa shape index (κ1) is 14.2. The van der Waals surface area contributed by atoms with E-state index < -0.39 is 10.9 Å². The molecule has 2 heterocycles. The zero-order chi connectivity index (χ0) is 14.7. The first-order chi connectivity index (χ1) is 9.47. The summed E-state index contributed by atoms with van der Waals surface area (Å²) >= 11 is 0. The maximum Gasteiger partial charge on any atom is 0.339 e. The third-order valence-electron chi connectivity index (χ3n) is 3.08. The fourth-order valence-electron chi connectivity index (χ4n) is 1.87. The van der Waals surface area contributed by atoms with E-state index in [-0.39, 0.29) is 17.1 Å². The second kappa shape index (κ2) is 5.80. The summed E-state index contributed by atoms with van der Waals surface area (Å²) in [7, 11) is 2.00. The van der Waals surface area contributed by atoms with Crippen molar-refractivity contribution in [1.82, 2.24) is 14.9 Å². The lowest BCUT2D eigenvalue weighted by Crippen LogP contribution is -2.47. The van der Waals surface area contributed by atoms with Gasteiger partial charge in [0.05, 0.1) is 4.92 Å². The lowest BCUT2D eigenvalue weighted by molar-refractivity contribution is -0.385. The summed E-state index contributed by atoms with van der Waals surface area (Å²) in [6.45, 7) is 3.13. The van der Waals surface area contributed by atoms with Crippen LogP contribution in [0, 0.1) is 10.1 Å². The number of hydrogen-bond acceptors (Lipinski definition) is 7. The average molecular weight is 281 g/mol. The third kappa shape index (κ3) is 3.19. The number of hydrogen-bond donors (Lipinski definition) is 2. The van der Waals surface area contributed by atoms with Gasteiger partial charge in [0.25, 0.3) is 5.69 Å². The van der Waals surface area contributed by atoms with Crippen LogP contribution in [0.15, 0.2) is 12.3 Å². The molecule has 20 heavy (non-hydrogen) atoms. The molecule has 0 amide bonds. The Hall–Kier alpha value is -2.26. The van der Waals surface area contributed by atoms with Crippen molar-refractivity contribution in [3.63, 3.8) is 0 Å². The highest BCUT2D eigenvalue weighted by atomic mass is 16.6. The van der Waals surface area contributed by atoms with Gasteiger partial charge in [0, 0.05) is 32.2 Å². The second-order valence-electron chi connectivity index (χ2n) is 4.55. The predicted octanol–water partition coefficient (Wildman–Crippen LogP) is 0.262. The molecule has 1 aliphatic heterocycles. The maximum atomic E-state index is 11.2. The largest absolute Gasteiger partial charge is 0.478 e. The number of carboxylic acids is 1. The molecule has 0 aliphatic carbocycles. The van der Waals surface area contributed by atoms with Crippen molar-refractivity contribution < 1.29 is 14.8 Å². The van der Waals surface area contributed by atoms with Crippen molar-refractivity contribution in [3.8, 4) is 0 Å². The molecule has 0 bridgehead atoms. The number of anilines is 1. The van der Waals surface area contributed by atoms with Gasteiger partial charge in [-0.25, -0.2) is 14.8 Å². The number of carboxylic acid groups (broad SMARTS) is 1. The van der Waals surface area contributed by atoms with Gasteiger partial charge < -0.3 is 15.4 Å². The van der Waals surface area contributed by atoms with Crippen molar-refractivity contribution >= 4 is 17.5 Å². The molecule has 1 fully saturated rings. The summed E-state index contributed by atoms with van der Waals surface area (Å²) < 4.78 is 0. The summed E-state index contributed by atoms with van der Waals surface area (Å²) in [5.41, 5.74) is 2.36. The highest BCUT2D eigenvalue weighted by Gasteiger charge is 2.20. The smallest absolute Gasteiger partial charge is 0.339 e. The molecule has 0 radical (unpaired) electrons. The van der Waals surface area contributed by atoms with Crippen molar-refractivity contribution in [2.75, 3.05) is 38.7 Å². The Labute approximate surface area is 114 Å². The van der Waals surface area contributed by atoms with Crippen molar-refractivity contribution in [1.29, 1.82) is 0 Å². The van der Waals surface area contributed by atoms with E-state index in [4.69, 9.17) is 5.11 Å². The Kier molecular flexibility index (Phi) is 4.11. The van der Waals surface area contributed by atoms with E-state index in [2.05, 4.69) is 15.3 Å². The van der Waals surface area contributed by atoms with Gasteiger partial charge in [0.15, 0.2) is 5.82 Å². The Morgan fingerprint density at radius 1 is 1.45 bits per heavy atom. The van der Waals surface area contributed by atoms with Crippen molar-refractivity contribution in [3.05, 3.63) is 27.9 Å². The highest BCUT2D eigenvalue weighted by Crippen LogP contribution is 2.19. The fraction of sp³-hybridized carbons (Fsp3) is 0.455. The van der Waals surface area contributed by atoms with E-state index in [9.17, 15) is 14.9 Å². The lowest BCUT2D eigenvalue weighted by atomic mass is 10.2. The molecule has 9 heteroatoms. The van der Waals surface area contributed by atoms with Crippen LogP contribution in [0.3, 0.4) is 0 Å². The van der Waals surface area contributed by atoms with Crippen LogP contribution in [0.2, 0.25) is 0 Å². The molecular weight excluding hydrogens is 266 g/mol. The number of aromatic carboxylic acids is 1. The maximum absolute atomic E-state index is 11.2. The van der Waals surface area contributed by atoms with E-state index >= 15 is 0 Å². The molecule has 1 saturated heterocycles. The number of pyridine rings is 1. The molecule has 1 aromatic rings. The van der Waals surface area contributed by atoms with E-state index in [1.54, 1.807) is 0 Å². The predicted molar refractivity (Wildman–Crippen MR) is 70.5 cm³/mol. The lowest BCUT2D eigenvalue weighted by Gasteiger charge is -2.32. The Morgan fingerprint density at radius 3 is 2.65 bits per heavy atom. The zero-order valence-electron chi connectivity index (χ0n) is 10.9. The summed E-state index contributed by atoms with van der Waals surface area (Å²) in [4.78, 5) is 27.1. The van der Waals surface area contributed by atoms with Gasteiger partial charge in [0.2, 0.25) is 0 Å². The monoisotopic (exact) mass is 281 g/mol. The SMILES string of the molecule is CN1CCN(Nc2ncc([N+](=O)[O-])cc2C(=O)O)CC1. The van der Waals surface area contributed by atoms with E-state index in [0.717, 1.165) is 25.4 Å². The molecule has 2 N–H and O–H groups in total. The zero-order valence-corrected chi connectivity index (χ0v) is 10.9. The minimum absolute atomic E-state index is 0.118. The van der Waals surface area contributed by atoms with Crippen LogP contribution in [-0.4, -0.2) is 64.1 Å². The van der Waals surface area contributed by atoms with Gasteiger partial charge in [-0.05, 0) is 7.05 Å². The van der Waals surface area contributed by atoms with Crippen molar-refractivity contribution in [2.45, 2.75) is 0 Å². The molecule has 0 saturated carbocycles. The number of rotatable bonds is 4. The van der Waals surface area contributed by atoms with E-state index in [1.165, 1.54) is 0 Å². The number of aromatic nitrogens is 1. The number of nitrogens with one attached hydrogen (secondary N) is 1. The topological polar surface area (TPSA) is 112 Å². The number of piperazine rings is 1. The van der Waals surface area contributed by atoms with Gasteiger partial charge in [0.1, 0.15) is 11.8 Å². The molecule has 0 unspecified atom stereocenters. The van der Waals surface area contributed by atoms with Crippen LogP contribution in [0.4, 0.5) is 11.5 Å². The van der Waals surface area contributed by atoms with Crippen LogP contribution in [0.1, 0.15) is 10.4 Å². The van der Waals surface area contributed by atoms with Crippen LogP contribution in [-0.2, 0) is 0 Å². The minimum atomic E-state index is -1.25. The number of nitrogens with zero attached hydrogens (tertiary/aromatic N) is 4. The van der Waals surface area contributed by atoms with Crippen LogP contribution < -0.4 is 5.43 Å². The summed E-state index contributed by atoms with van der Waals surface area (Å²) in [5.74, 6) is -1.13. The van der Waals surface area contributed by atoms with Gasteiger partial charge in [-0.15, -0.1) is 0 Å². The highest BCUT2D eigenvalue weighted by molar-refractivity contribution is 5.93. The fourth-order valence-corrected chi connectivity index (χ4v) is 1.87. The van der Waals surface area contributed by atoms with E-state index in [1.807, 2.05) is 12.1 Å². The number of likely N-dealkylation sites (N-methyl/N-ethyl adjacent to an activating group) is 1. The molecule has 1 aromatic heterocycles. The molecule has 0 aromatic carbocycles. The van der Waals surface area contributed by atoms with Gasteiger partial charge in [-0.3, -0.25) is 10.1 Å². The first-order valence-electron chi connectivity index (χ1n) is 6.05. The van der Waals surface area contributed by atoms with Crippen LogP contribution >= 0.6 is 0 Å². The molecule has 2 rings (SSSR count). The molecule has 9 nitrogen and oxygen atoms in total. The van der Waals surface area contributed by atoms with E-state index in [0.29, 0.717) is 13.1 Å². The number of carbonyl (C=O) groups is 1. The van der Waals surface area contributed by atoms with Gasteiger partial charge in [-0.1, -0.05) is 0 Å². The molecule has 0 spiro atoms. The third-order valence-corrected chi connectivity index (χ3v) is 3.08. The minimum Gasteiger partial charge on any atom is -0.478 e. The summed E-state index contributed by atoms with van der Waals surface area (Å²) in [6, 6.07) is 1.01. The van der Waals surface area contributed by atoms with Gasteiger partial charge >= 0.3 is 5.97 Å². The molecule has 108 valence electrons. The van der Waals surface area contributed by atoms with Crippen LogP contribution in [0.25, 0.3) is 0 Å². The summed E-state index contributed by atoms with van der Waals surface area (Å²) in [5, 5.41) is 21.6. The molecular formula is C11H15N5O4. The normalized spacial score (nSPS) is 16.9. The standard InChI is InChI=1S/C11H15N5O4/c1-14-2-4-15(5-3-14)13-10-9(11(17)18)6-8(7-12-10)16(19)20/h6-7H,2-5H2,1H3,(H,12,13)(H,17,18). The summed E-state index contributed by atoms with van der Waals surface area (Å²) in [6.07, 6.45) is 1.05. The average Bonchev–Trinajstić information content (AvgIpc) is 2.41.